The third-order valence-electron chi connectivity index (χ3n) is 4.89. The first-order chi connectivity index (χ1) is 11.2. The van der Waals surface area contributed by atoms with E-state index in [9.17, 15) is 9.50 Å². The number of nitrogens with one attached hydrogen (secondary N) is 1. The smallest absolute Gasteiger partial charge is 0.123 e. The van der Waals surface area contributed by atoms with Crippen LogP contribution in [0.4, 0.5) is 4.39 Å². The van der Waals surface area contributed by atoms with Gasteiger partial charge in [-0.25, -0.2) is 4.39 Å². The number of hydrogen-bond donors (Lipinski definition) is 2. The molecule has 3 heteroatoms. The lowest BCUT2D eigenvalue weighted by Crippen LogP contribution is -3.13. The van der Waals surface area contributed by atoms with Crippen LogP contribution in [0.2, 0.25) is 0 Å². The Morgan fingerprint density at radius 3 is 2.17 bits per heavy atom. The van der Waals surface area contributed by atoms with Gasteiger partial charge in [0.2, 0.25) is 0 Å². The second-order valence-electron chi connectivity index (χ2n) is 6.53. The number of benzene rings is 2. The van der Waals surface area contributed by atoms with Gasteiger partial charge >= 0.3 is 0 Å². The zero-order valence-electron chi connectivity index (χ0n) is 13.4. The molecule has 1 heterocycles. The summed E-state index contributed by atoms with van der Waals surface area (Å²) in [6.07, 6.45) is 3.25. The summed E-state index contributed by atoms with van der Waals surface area (Å²) in [5.74, 6) is -0.228. The average Bonchev–Trinajstić information content (AvgIpc) is 2.61. The Morgan fingerprint density at radius 2 is 1.52 bits per heavy atom. The minimum Gasteiger partial charge on any atom is -0.388 e. The van der Waals surface area contributed by atoms with Crippen molar-refractivity contribution in [2.45, 2.75) is 31.3 Å². The van der Waals surface area contributed by atoms with Gasteiger partial charge in [0.25, 0.3) is 0 Å². The summed E-state index contributed by atoms with van der Waals surface area (Å²) in [6.45, 7) is 3.28. The fraction of sp³-hybridized carbons (Fsp3) is 0.400. The summed E-state index contributed by atoms with van der Waals surface area (Å²) < 4.78 is 13.2. The van der Waals surface area contributed by atoms with E-state index < -0.39 is 6.10 Å². The molecule has 0 spiro atoms. The van der Waals surface area contributed by atoms with Crippen molar-refractivity contribution in [3.8, 4) is 0 Å². The van der Waals surface area contributed by atoms with Gasteiger partial charge in [-0.2, -0.15) is 0 Å². The monoisotopic (exact) mass is 314 g/mol. The molecule has 23 heavy (non-hydrogen) atoms. The summed E-state index contributed by atoms with van der Waals surface area (Å²) in [7, 11) is 0. The Labute approximate surface area is 137 Å². The molecule has 1 aliphatic heterocycles. The molecule has 2 atom stereocenters. The van der Waals surface area contributed by atoms with Crippen molar-refractivity contribution in [1.82, 2.24) is 0 Å². The van der Waals surface area contributed by atoms with Crippen LogP contribution in [0.15, 0.2) is 54.6 Å². The molecule has 2 aromatic rings. The summed E-state index contributed by atoms with van der Waals surface area (Å²) in [5, 5.41) is 10.9. The van der Waals surface area contributed by atoms with E-state index in [-0.39, 0.29) is 11.7 Å². The van der Waals surface area contributed by atoms with Gasteiger partial charge < -0.3 is 10.0 Å². The lowest BCUT2D eigenvalue weighted by molar-refractivity contribution is -0.906. The van der Waals surface area contributed by atoms with Gasteiger partial charge in [0.15, 0.2) is 0 Å². The molecular weight excluding hydrogens is 289 g/mol. The van der Waals surface area contributed by atoms with Gasteiger partial charge in [0, 0.05) is 0 Å². The lowest BCUT2D eigenvalue weighted by atomic mass is 9.88. The van der Waals surface area contributed by atoms with E-state index in [2.05, 4.69) is 12.1 Å². The number of likely N-dealkylation sites (tertiary alicyclic amines) is 1. The Morgan fingerprint density at radius 1 is 0.870 bits per heavy atom. The highest BCUT2D eigenvalue weighted by Gasteiger charge is 2.28. The number of quaternary nitrogens is 1. The maximum Gasteiger partial charge on any atom is 0.123 e. The molecule has 1 saturated heterocycles. The van der Waals surface area contributed by atoms with Gasteiger partial charge in [-0.15, -0.1) is 0 Å². The molecule has 1 fully saturated rings. The normalized spacial score (nSPS) is 18.5. The third kappa shape index (κ3) is 4.18. The second kappa shape index (κ2) is 7.71. The van der Waals surface area contributed by atoms with Crippen LogP contribution in [0.3, 0.4) is 0 Å². The van der Waals surface area contributed by atoms with Crippen LogP contribution in [0.5, 0.6) is 0 Å². The van der Waals surface area contributed by atoms with Crippen LogP contribution < -0.4 is 4.90 Å². The molecule has 0 aromatic heterocycles. The van der Waals surface area contributed by atoms with Crippen LogP contribution in [0, 0.1) is 5.82 Å². The van der Waals surface area contributed by atoms with Crippen molar-refractivity contribution in [2.75, 3.05) is 19.6 Å². The van der Waals surface area contributed by atoms with Crippen molar-refractivity contribution in [3.63, 3.8) is 0 Å². The van der Waals surface area contributed by atoms with Crippen molar-refractivity contribution in [3.05, 3.63) is 71.5 Å². The highest BCUT2D eigenvalue weighted by molar-refractivity contribution is 5.27. The van der Waals surface area contributed by atoms with Crippen molar-refractivity contribution in [2.24, 2.45) is 0 Å². The highest BCUT2D eigenvalue weighted by Crippen LogP contribution is 2.30. The Hall–Kier alpha value is -1.71. The fourth-order valence-corrected chi connectivity index (χ4v) is 3.57. The maximum absolute atomic E-state index is 13.2. The number of rotatable bonds is 5. The molecule has 0 radical (unpaired) electrons. The van der Waals surface area contributed by atoms with Crippen molar-refractivity contribution < 1.29 is 14.4 Å². The van der Waals surface area contributed by atoms with Crippen LogP contribution in [-0.4, -0.2) is 24.7 Å². The van der Waals surface area contributed by atoms with Gasteiger partial charge in [0.1, 0.15) is 5.82 Å². The van der Waals surface area contributed by atoms with Crippen molar-refractivity contribution in [1.29, 1.82) is 0 Å². The van der Waals surface area contributed by atoms with Gasteiger partial charge in [-0.3, -0.25) is 0 Å². The third-order valence-corrected chi connectivity index (χ3v) is 4.89. The van der Waals surface area contributed by atoms with E-state index in [0.717, 1.165) is 17.7 Å². The van der Waals surface area contributed by atoms with Crippen molar-refractivity contribution >= 4 is 0 Å². The van der Waals surface area contributed by atoms with E-state index in [0.29, 0.717) is 0 Å². The number of aliphatic hydroxyl groups is 1. The van der Waals surface area contributed by atoms with E-state index in [1.807, 2.05) is 18.2 Å². The molecule has 2 nitrogen and oxygen atoms in total. The molecule has 0 saturated carbocycles. The summed E-state index contributed by atoms with van der Waals surface area (Å²) in [5.41, 5.74) is 1.94. The SMILES string of the molecule is O[C@H](c1ccc(F)cc1)[C@@H](C[NH+]1CCCCC1)c1ccccc1. The Kier molecular flexibility index (Phi) is 5.42. The predicted octanol–water partition coefficient (Wildman–Crippen LogP) is 2.71. The van der Waals surface area contributed by atoms with Crippen LogP contribution in [-0.2, 0) is 0 Å². The first-order valence-electron chi connectivity index (χ1n) is 8.56. The summed E-state index contributed by atoms with van der Waals surface area (Å²) >= 11 is 0. The molecular formula is C20H25FNO+. The zero-order valence-corrected chi connectivity index (χ0v) is 13.4. The molecule has 0 bridgehead atoms. The number of halogens is 1. The largest absolute Gasteiger partial charge is 0.388 e. The van der Waals surface area contributed by atoms with Gasteiger partial charge in [0.05, 0.1) is 31.7 Å². The van der Waals surface area contributed by atoms with E-state index in [1.165, 1.54) is 44.5 Å². The van der Waals surface area contributed by atoms with Gasteiger partial charge in [-0.1, -0.05) is 42.5 Å². The standard InChI is InChI=1S/C20H24FNO/c21-18-11-9-17(10-12-18)20(23)19(16-7-3-1-4-8-16)15-22-13-5-2-6-14-22/h1,3-4,7-12,19-20,23H,2,5-6,13-15H2/p+1/t19-,20+/m0/s1. The number of aliphatic hydroxyl groups excluding tert-OH is 1. The maximum atomic E-state index is 13.2. The minimum absolute atomic E-state index is 0.0368. The highest BCUT2D eigenvalue weighted by atomic mass is 19.1. The molecule has 2 N–H and O–H groups in total. The van der Waals surface area contributed by atoms with Gasteiger partial charge in [-0.05, 0) is 42.5 Å². The molecule has 1 aliphatic rings. The quantitative estimate of drug-likeness (QED) is 0.871. The lowest BCUT2D eigenvalue weighted by Gasteiger charge is -2.30. The van der Waals surface area contributed by atoms with E-state index >= 15 is 0 Å². The average molecular weight is 314 g/mol. The number of hydrogen-bond acceptors (Lipinski definition) is 1. The first kappa shape index (κ1) is 16.2. The topological polar surface area (TPSA) is 24.7 Å². The summed E-state index contributed by atoms with van der Waals surface area (Å²) in [4.78, 5) is 1.56. The summed E-state index contributed by atoms with van der Waals surface area (Å²) in [6, 6.07) is 16.4. The molecule has 2 aromatic carbocycles. The molecule has 3 rings (SSSR count). The first-order valence-corrected chi connectivity index (χ1v) is 8.56. The van der Waals surface area contributed by atoms with Crippen LogP contribution in [0.1, 0.15) is 42.4 Å². The Bertz CT molecular complexity index is 593. The number of piperidine rings is 1. The molecule has 0 unspecified atom stereocenters. The van der Waals surface area contributed by atoms with E-state index in [1.54, 1.807) is 17.0 Å². The molecule has 0 aliphatic carbocycles. The zero-order chi connectivity index (χ0) is 16.1. The molecule has 0 amide bonds. The van der Waals surface area contributed by atoms with Crippen LogP contribution >= 0.6 is 0 Å². The van der Waals surface area contributed by atoms with Crippen LogP contribution in [0.25, 0.3) is 0 Å². The minimum atomic E-state index is -0.604. The fourth-order valence-electron chi connectivity index (χ4n) is 3.57. The predicted molar refractivity (Wildman–Crippen MR) is 90.0 cm³/mol. The second-order valence-corrected chi connectivity index (χ2v) is 6.53. The van der Waals surface area contributed by atoms with E-state index in [4.69, 9.17) is 0 Å². The Balaban J connectivity index is 1.83. The molecule has 122 valence electrons.